The minimum Gasteiger partial charge on any atom is -0.382 e. The summed E-state index contributed by atoms with van der Waals surface area (Å²) < 4.78 is 13.8. The van der Waals surface area contributed by atoms with Crippen LogP contribution in [0.25, 0.3) is 0 Å². The van der Waals surface area contributed by atoms with Crippen LogP contribution in [-0.4, -0.2) is 11.5 Å². The second-order valence-corrected chi connectivity index (χ2v) is 4.55. The molecule has 0 unspecified atom stereocenters. The summed E-state index contributed by atoms with van der Waals surface area (Å²) in [4.78, 5) is 0. The molecule has 88 valence electrons. The van der Waals surface area contributed by atoms with Crippen LogP contribution in [0.4, 0.5) is 10.1 Å². The third-order valence-corrected chi connectivity index (χ3v) is 2.90. The lowest BCUT2D eigenvalue weighted by molar-refractivity contribution is 0.626. The monoisotopic (exact) mass is 361 g/mol. The summed E-state index contributed by atoms with van der Waals surface area (Å²) >= 11 is 6.27. The molecular formula is C9H6Br2FN5. The fraction of sp³-hybridized carbons (Fsp3) is 0. The molecule has 1 rings (SSSR count). The molecule has 0 aliphatic rings. The maximum Gasteiger partial charge on any atom is 0.201 e. The van der Waals surface area contributed by atoms with Gasteiger partial charge in [-0.1, -0.05) is 0 Å². The van der Waals surface area contributed by atoms with Crippen molar-refractivity contribution in [3.8, 4) is 6.07 Å². The molecule has 5 nitrogen and oxygen atoms in total. The lowest BCUT2D eigenvalue weighted by Crippen LogP contribution is -2.21. The number of anilines is 1. The van der Waals surface area contributed by atoms with Gasteiger partial charge in [0.1, 0.15) is 11.9 Å². The van der Waals surface area contributed by atoms with Crippen molar-refractivity contribution in [3.05, 3.63) is 26.9 Å². The highest BCUT2D eigenvalue weighted by Gasteiger charge is 2.08. The molecule has 17 heavy (non-hydrogen) atoms. The average molecular weight is 363 g/mol. The Morgan fingerprint density at radius 2 is 2.00 bits per heavy atom. The summed E-state index contributed by atoms with van der Waals surface area (Å²) in [5, 5.41) is 19.3. The van der Waals surface area contributed by atoms with Gasteiger partial charge in [-0.25, -0.2) is 4.39 Å². The molecule has 0 bridgehead atoms. The average Bonchev–Trinajstić information content (AvgIpc) is 2.21. The number of hydrogen-bond acceptors (Lipinski definition) is 4. The Morgan fingerprint density at radius 1 is 1.47 bits per heavy atom. The summed E-state index contributed by atoms with van der Waals surface area (Å²) in [5.41, 5.74) is 7.82. The first-order valence-corrected chi connectivity index (χ1v) is 5.77. The zero-order valence-electron chi connectivity index (χ0n) is 8.26. The van der Waals surface area contributed by atoms with Gasteiger partial charge in [0.2, 0.25) is 5.71 Å². The second-order valence-electron chi connectivity index (χ2n) is 2.84. The number of nitrogens with one attached hydrogen (secondary N) is 2. The minimum atomic E-state index is -0.450. The van der Waals surface area contributed by atoms with Crippen molar-refractivity contribution < 1.29 is 4.39 Å². The van der Waals surface area contributed by atoms with Gasteiger partial charge >= 0.3 is 0 Å². The summed E-state index contributed by atoms with van der Waals surface area (Å²) in [6, 6.07) is 4.13. The summed E-state index contributed by atoms with van der Waals surface area (Å²) in [6.07, 6.45) is 0. The summed E-state index contributed by atoms with van der Waals surface area (Å²) in [7, 11) is 0. The quantitative estimate of drug-likeness (QED) is 0.437. The third-order valence-electron chi connectivity index (χ3n) is 1.65. The van der Waals surface area contributed by atoms with Crippen LogP contribution in [-0.2, 0) is 0 Å². The van der Waals surface area contributed by atoms with Crippen molar-refractivity contribution in [3.63, 3.8) is 0 Å². The highest BCUT2D eigenvalue weighted by Crippen LogP contribution is 2.31. The van der Waals surface area contributed by atoms with E-state index in [2.05, 4.69) is 42.4 Å². The Kier molecular flexibility index (Phi) is 4.60. The lowest BCUT2D eigenvalue weighted by atomic mass is 10.3. The molecule has 0 saturated heterocycles. The van der Waals surface area contributed by atoms with E-state index in [9.17, 15) is 4.39 Å². The number of rotatable bonds is 3. The first kappa shape index (κ1) is 13.6. The normalized spacial score (nSPS) is 10.8. The van der Waals surface area contributed by atoms with Crippen molar-refractivity contribution >= 4 is 49.1 Å². The SMILES string of the molecule is N#C/C(=N\Nc1c(Br)cc(F)cc1Br)C(=N)N. The minimum absolute atomic E-state index is 0.256. The van der Waals surface area contributed by atoms with Crippen molar-refractivity contribution in [2.75, 3.05) is 5.43 Å². The standard InChI is InChI=1S/C9H6Br2FN5/c10-5-1-4(12)2-6(11)8(5)17-16-7(3-13)9(14)15/h1-2,17H,(H3,14,15)/b16-7+. The number of hydrogen-bond donors (Lipinski definition) is 3. The number of nitrogens with two attached hydrogens (primary N) is 1. The van der Waals surface area contributed by atoms with Gasteiger partial charge in [-0.2, -0.15) is 10.4 Å². The topological polar surface area (TPSA) is 98.0 Å². The molecule has 0 spiro atoms. The van der Waals surface area contributed by atoms with Gasteiger partial charge in [0.05, 0.1) is 5.69 Å². The van der Waals surface area contributed by atoms with E-state index < -0.39 is 11.7 Å². The fourth-order valence-electron chi connectivity index (χ4n) is 0.906. The van der Waals surface area contributed by atoms with Crippen LogP contribution in [0, 0.1) is 22.6 Å². The molecule has 0 atom stereocenters. The van der Waals surface area contributed by atoms with E-state index in [-0.39, 0.29) is 5.71 Å². The number of benzene rings is 1. The molecule has 0 aliphatic carbocycles. The Hall–Kier alpha value is -1.46. The van der Waals surface area contributed by atoms with Crippen molar-refractivity contribution in [1.29, 1.82) is 10.7 Å². The van der Waals surface area contributed by atoms with E-state index in [0.29, 0.717) is 14.6 Å². The second kappa shape index (κ2) is 5.75. The maximum atomic E-state index is 13.0. The molecule has 0 fully saturated rings. The molecule has 4 N–H and O–H groups in total. The smallest absolute Gasteiger partial charge is 0.201 e. The number of nitriles is 1. The molecule has 8 heteroatoms. The van der Waals surface area contributed by atoms with Gasteiger partial charge in [0, 0.05) is 8.95 Å². The van der Waals surface area contributed by atoms with Crippen LogP contribution in [0.1, 0.15) is 0 Å². The molecular weight excluding hydrogens is 357 g/mol. The van der Waals surface area contributed by atoms with Crippen LogP contribution in [0.15, 0.2) is 26.2 Å². The predicted molar refractivity (Wildman–Crippen MR) is 70.4 cm³/mol. The van der Waals surface area contributed by atoms with Crippen LogP contribution < -0.4 is 11.2 Å². The number of nitrogens with zero attached hydrogens (tertiary/aromatic N) is 2. The third kappa shape index (κ3) is 3.51. The van der Waals surface area contributed by atoms with Gasteiger partial charge in [-0.15, -0.1) is 0 Å². The van der Waals surface area contributed by atoms with Crippen molar-refractivity contribution in [2.45, 2.75) is 0 Å². The Balaban J connectivity index is 3.05. The Labute approximate surface area is 113 Å². The van der Waals surface area contributed by atoms with Gasteiger partial charge in [0.25, 0.3) is 0 Å². The summed E-state index contributed by atoms with van der Waals surface area (Å²) in [5.74, 6) is -0.875. The molecule has 1 aromatic rings. The van der Waals surface area contributed by atoms with E-state index in [0.717, 1.165) is 0 Å². The largest absolute Gasteiger partial charge is 0.382 e. The predicted octanol–water partition coefficient (Wildman–Crippen LogP) is 2.58. The molecule has 0 aromatic heterocycles. The van der Waals surface area contributed by atoms with Crippen molar-refractivity contribution in [2.24, 2.45) is 10.8 Å². The lowest BCUT2D eigenvalue weighted by Gasteiger charge is -2.06. The molecule has 0 amide bonds. The van der Waals surface area contributed by atoms with Crippen LogP contribution >= 0.6 is 31.9 Å². The Morgan fingerprint density at radius 3 is 2.41 bits per heavy atom. The summed E-state index contributed by atoms with van der Waals surface area (Å²) in [6.45, 7) is 0. The van der Waals surface area contributed by atoms with Crippen molar-refractivity contribution in [1.82, 2.24) is 0 Å². The molecule has 0 radical (unpaired) electrons. The van der Waals surface area contributed by atoms with Crippen LogP contribution in [0.5, 0.6) is 0 Å². The highest BCUT2D eigenvalue weighted by molar-refractivity contribution is 9.11. The van der Waals surface area contributed by atoms with Gasteiger partial charge < -0.3 is 5.73 Å². The zero-order valence-corrected chi connectivity index (χ0v) is 11.4. The Bertz CT molecular complexity index is 512. The van der Waals surface area contributed by atoms with E-state index in [1.165, 1.54) is 12.1 Å². The van der Waals surface area contributed by atoms with Crippen LogP contribution in [0.2, 0.25) is 0 Å². The zero-order chi connectivity index (χ0) is 13.0. The first-order chi connectivity index (χ1) is 7.95. The van der Waals surface area contributed by atoms with Gasteiger partial charge in [-0.3, -0.25) is 10.8 Å². The number of amidine groups is 1. The number of halogens is 3. The van der Waals surface area contributed by atoms with E-state index in [4.69, 9.17) is 16.4 Å². The molecule has 0 aliphatic heterocycles. The highest BCUT2D eigenvalue weighted by atomic mass is 79.9. The van der Waals surface area contributed by atoms with E-state index >= 15 is 0 Å². The molecule has 1 aromatic carbocycles. The molecule has 0 heterocycles. The van der Waals surface area contributed by atoms with E-state index in [1.807, 2.05) is 0 Å². The van der Waals surface area contributed by atoms with Gasteiger partial charge in [0.15, 0.2) is 5.84 Å². The maximum absolute atomic E-state index is 13.0. The van der Waals surface area contributed by atoms with Crippen LogP contribution in [0.3, 0.4) is 0 Å². The van der Waals surface area contributed by atoms with Gasteiger partial charge in [-0.05, 0) is 44.0 Å². The number of hydrazone groups is 1. The fourth-order valence-corrected chi connectivity index (χ4v) is 2.21. The first-order valence-electron chi connectivity index (χ1n) is 4.18. The van der Waals surface area contributed by atoms with E-state index in [1.54, 1.807) is 6.07 Å². The molecule has 0 saturated carbocycles.